The van der Waals surface area contributed by atoms with Gasteiger partial charge in [-0.15, -0.1) is 11.3 Å². The number of thiophene rings is 1. The Labute approximate surface area is 133 Å². The summed E-state index contributed by atoms with van der Waals surface area (Å²) in [5.41, 5.74) is 0.0471. The average Bonchev–Trinajstić information content (AvgIpc) is 2.85. The Bertz CT molecular complexity index is 793. The molecule has 21 heavy (non-hydrogen) atoms. The maximum Gasteiger partial charge on any atom is 0.345 e. The number of phenolic OH excluding ortho intramolecular Hbond substituents is 1. The first kappa shape index (κ1) is 15.9. The zero-order chi connectivity index (χ0) is 15.8. The van der Waals surface area contributed by atoms with E-state index in [-0.39, 0.29) is 31.3 Å². The summed E-state index contributed by atoms with van der Waals surface area (Å²) in [4.78, 5) is 10.5. The summed E-state index contributed by atoms with van der Waals surface area (Å²) in [6.45, 7) is 0. The molecule has 0 aliphatic carbocycles. The number of carbonyl (C=O) groups is 1. The lowest BCUT2D eigenvalue weighted by atomic mass is 10.3. The predicted molar refractivity (Wildman–Crippen MR) is 80.2 cm³/mol. The standard InChI is InChI=1S/C11H7Cl2NO5S2/c12-7-1-5(2-8(13)10(7)15)14-21(18,19)6-3-9(11(16)17)20-4-6/h1-4,14-15H,(H,16,17). The van der Waals surface area contributed by atoms with Gasteiger partial charge in [-0.2, -0.15) is 0 Å². The molecule has 112 valence electrons. The fraction of sp³-hybridized carbons (Fsp3) is 0. The number of phenols is 1. The second kappa shape index (κ2) is 5.72. The molecule has 0 saturated heterocycles. The topological polar surface area (TPSA) is 104 Å². The lowest BCUT2D eigenvalue weighted by Gasteiger charge is -2.08. The molecule has 0 unspecified atom stereocenters. The second-order valence-electron chi connectivity index (χ2n) is 3.85. The van der Waals surface area contributed by atoms with E-state index in [0.29, 0.717) is 0 Å². The van der Waals surface area contributed by atoms with Gasteiger partial charge in [0.25, 0.3) is 10.0 Å². The fourth-order valence-electron chi connectivity index (χ4n) is 1.41. The first-order valence-electron chi connectivity index (χ1n) is 5.23. The third-order valence-electron chi connectivity index (χ3n) is 2.37. The predicted octanol–water partition coefficient (Wildman–Crippen LogP) is 3.26. The van der Waals surface area contributed by atoms with Gasteiger partial charge in [-0.1, -0.05) is 23.2 Å². The number of carboxylic acid groups (broad SMARTS) is 1. The van der Waals surface area contributed by atoms with Crippen LogP contribution < -0.4 is 4.72 Å². The molecule has 1 aromatic heterocycles. The van der Waals surface area contributed by atoms with Crippen molar-refractivity contribution in [1.29, 1.82) is 0 Å². The molecule has 0 amide bonds. The Morgan fingerprint density at radius 3 is 2.24 bits per heavy atom. The van der Waals surface area contributed by atoms with Crippen molar-refractivity contribution >= 4 is 56.2 Å². The molecule has 0 radical (unpaired) electrons. The van der Waals surface area contributed by atoms with Gasteiger partial charge in [0.1, 0.15) is 4.88 Å². The molecular formula is C11H7Cl2NO5S2. The molecule has 6 nitrogen and oxygen atoms in total. The Balaban J connectivity index is 2.35. The van der Waals surface area contributed by atoms with Crippen LogP contribution in [0.25, 0.3) is 0 Å². The lowest BCUT2D eigenvalue weighted by Crippen LogP contribution is -2.12. The van der Waals surface area contributed by atoms with Crippen LogP contribution in [0.2, 0.25) is 10.0 Å². The quantitative estimate of drug-likeness (QED) is 0.719. The summed E-state index contributed by atoms with van der Waals surface area (Å²) in [7, 11) is -3.97. The normalized spacial score (nSPS) is 11.3. The van der Waals surface area contributed by atoms with Gasteiger partial charge in [-0.3, -0.25) is 4.72 Å². The number of anilines is 1. The van der Waals surface area contributed by atoms with Gasteiger partial charge in [-0.05, 0) is 18.2 Å². The van der Waals surface area contributed by atoms with Crippen molar-refractivity contribution < 1.29 is 23.4 Å². The minimum absolute atomic E-state index is 0.0471. The number of rotatable bonds is 4. The summed E-state index contributed by atoms with van der Waals surface area (Å²) < 4.78 is 26.4. The van der Waals surface area contributed by atoms with Gasteiger partial charge in [0.15, 0.2) is 5.75 Å². The van der Waals surface area contributed by atoms with Gasteiger partial charge in [-0.25, -0.2) is 13.2 Å². The molecule has 10 heteroatoms. The molecule has 3 N–H and O–H groups in total. The summed E-state index contributed by atoms with van der Waals surface area (Å²) in [5, 5.41) is 19.2. The molecular weight excluding hydrogens is 361 g/mol. The molecule has 0 fully saturated rings. The van der Waals surface area contributed by atoms with E-state index in [1.807, 2.05) is 0 Å². The van der Waals surface area contributed by atoms with E-state index in [2.05, 4.69) is 4.72 Å². The SMILES string of the molecule is O=C(O)c1cc(S(=O)(=O)Nc2cc(Cl)c(O)c(Cl)c2)cs1. The van der Waals surface area contributed by atoms with E-state index in [0.717, 1.165) is 17.4 Å². The Morgan fingerprint density at radius 2 is 1.76 bits per heavy atom. The van der Waals surface area contributed by atoms with Crippen LogP contribution in [0.1, 0.15) is 9.67 Å². The highest BCUT2D eigenvalue weighted by Gasteiger charge is 2.19. The molecule has 2 rings (SSSR count). The van der Waals surface area contributed by atoms with Crippen molar-refractivity contribution in [1.82, 2.24) is 0 Å². The van der Waals surface area contributed by atoms with Gasteiger partial charge in [0.2, 0.25) is 0 Å². The van der Waals surface area contributed by atoms with Gasteiger partial charge < -0.3 is 10.2 Å². The van der Waals surface area contributed by atoms with Gasteiger partial charge in [0.05, 0.1) is 20.6 Å². The highest BCUT2D eigenvalue weighted by Crippen LogP contribution is 2.35. The van der Waals surface area contributed by atoms with Crippen molar-refractivity contribution in [3.05, 3.63) is 38.5 Å². The summed E-state index contributed by atoms with van der Waals surface area (Å²) in [6, 6.07) is 3.41. The maximum absolute atomic E-state index is 12.1. The van der Waals surface area contributed by atoms with Crippen LogP contribution in [-0.4, -0.2) is 24.6 Å². The number of sulfonamides is 1. The molecule has 0 atom stereocenters. The monoisotopic (exact) mass is 367 g/mol. The summed E-state index contributed by atoms with van der Waals surface area (Å²) >= 11 is 12.2. The van der Waals surface area contributed by atoms with Crippen LogP contribution in [0.15, 0.2) is 28.5 Å². The van der Waals surface area contributed by atoms with Crippen molar-refractivity contribution in [3.8, 4) is 5.75 Å². The number of halogens is 2. The van der Waals surface area contributed by atoms with Gasteiger partial charge in [0, 0.05) is 5.38 Å². The maximum atomic E-state index is 12.1. The van der Waals surface area contributed by atoms with Crippen LogP contribution in [0.4, 0.5) is 5.69 Å². The third-order valence-corrected chi connectivity index (χ3v) is 5.37. The van der Waals surface area contributed by atoms with Gasteiger partial charge >= 0.3 is 5.97 Å². The van der Waals surface area contributed by atoms with E-state index >= 15 is 0 Å². The van der Waals surface area contributed by atoms with E-state index in [1.54, 1.807) is 0 Å². The number of benzene rings is 1. The Morgan fingerprint density at radius 1 is 1.19 bits per heavy atom. The number of nitrogens with one attached hydrogen (secondary N) is 1. The van der Waals surface area contributed by atoms with E-state index in [4.69, 9.17) is 28.3 Å². The first-order valence-corrected chi connectivity index (χ1v) is 8.35. The van der Waals surface area contributed by atoms with Crippen LogP contribution in [0.3, 0.4) is 0 Å². The second-order valence-corrected chi connectivity index (χ2v) is 7.25. The number of carboxylic acids is 1. The lowest BCUT2D eigenvalue weighted by molar-refractivity contribution is 0.0702. The molecule has 0 aliphatic heterocycles. The summed E-state index contributed by atoms with van der Waals surface area (Å²) in [6.07, 6.45) is 0. The Kier molecular flexibility index (Phi) is 4.33. The highest BCUT2D eigenvalue weighted by molar-refractivity contribution is 7.92. The van der Waals surface area contributed by atoms with E-state index in [9.17, 15) is 18.3 Å². The smallest absolute Gasteiger partial charge is 0.345 e. The van der Waals surface area contributed by atoms with Crippen molar-refractivity contribution in [2.45, 2.75) is 4.90 Å². The van der Waals surface area contributed by atoms with E-state index in [1.165, 1.54) is 17.5 Å². The largest absolute Gasteiger partial charge is 0.505 e. The average molecular weight is 368 g/mol. The third kappa shape index (κ3) is 3.41. The van der Waals surface area contributed by atoms with Crippen LogP contribution in [0.5, 0.6) is 5.75 Å². The molecule has 0 bridgehead atoms. The Hall–Kier alpha value is -1.48. The molecule has 0 spiro atoms. The molecule has 0 aliphatic rings. The molecule has 2 aromatic rings. The summed E-state index contributed by atoms with van der Waals surface area (Å²) in [5.74, 6) is -1.57. The highest BCUT2D eigenvalue weighted by atomic mass is 35.5. The van der Waals surface area contributed by atoms with Crippen molar-refractivity contribution in [2.24, 2.45) is 0 Å². The molecule has 1 aromatic carbocycles. The minimum atomic E-state index is -3.97. The van der Waals surface area contributed by atoms with Crippen LogP contribution in [0, 0.1) is 0 Å². The number of aromatic carboxylic acids is 1. The van der Waals surface area contributed by atoms with Crippen LogP contribution in [-0.2, 0) is 10.0 Å². The zero-order valence-corrected chi connectivity index (χ0v) is 13.1. The number of hydrogen-bond donors (Lipinski definition) is 3. The van der Waals surface area contributed by atoms with Crippen LogP contribution >= 0.6 is 34.5 Å². The number of aromatic hydroxyl groups is 1. The molecule has 1 heterocycles. The number of hydrogen-bond acceptors (Lipinski definition) is 5. The minimum Gasteiger partial charge on any atom is -0.505 e. The van der Waals surface area contributed by atoms with Crippen molar-refractivity contribution in [3.63, 3.8) is 0 Å². The van der Waals surface area contributed by atoms with Crippen molar-refractivity contribution in [2.75, 3.05) is 4.72 Å². The first-order chi connectivity index (χ1) is 9.70. The molecule has 0 saturated carbocycles. The van der Waals surface area contributed by atoms with E-state index < -0.39 is 16.0 Å². The zero-order valence-electron chi connectivity index (χ0n) is 10.0. The fourth-order valence-corrected chi connectivity index (χ4v) is 4.05.